The fourth-order valence-electron chi connectivity index (χ4n) is 2.52. The molecule has 2 amide bonds. The zero-order valence-corrected chi connectivity index (χ0v) is 13.4. The normalized spacial score (nSPS) is 18.6. The van der Waals surface area contributed by atoms with E-state index in [1.54, 1.807) is 24.1 Å². The molecule has 0 spiro atoms. The van der Waals surface area contributed by atoms with E-state index in [1.165, 1.54) is 12.1 Å². The number of benzene rings is 1. The van der Waals surface area contributed by atoms with Gasteiger partial charge >= 0.3 is 0 Å². The molecular formula is C16H22FN3O3. The first-order valence-corrected chi connectivity index (χ1v) is 7.59. The van der Waals surface area contributed by atoms with E-state index in [4.69, 9.17) is 4.74 Å². The summed E-state index contributed by atoms with van der Waals surface area (Å²) in [5.41, 5.74) is 0. The molecule has 6 nitrogen and oxygen atoms in total. The van der Waals surface area contributed by atoms with Gasteiger partial charge < -0.3 is 15.0 Å². The lowest BCUT2D eigenvalue weighted by Crippen LogP contribution is -2.58. The van der Waals surface area contributed by atoms with E-state index >= 15 is 0 Å². The Morgan fingerprint density at radius 1 is 1.39 bits per heavy atom. The topological polar surface area (TPSA) is 61.9 Å². The van der Waals surface area contributed by atoms with E-state index in [0.717, 1.165) is 0 Å². The van der Waals surface area contributed by atoms with Crippen LogP contribution < -0.4 is 10.1 Å². The minimum atomic E-state index is -0.374. The van der Waals surface area contributed by atoms with E-state index in [9.17, 15) is 14.0 Å². The number of hydrogen-bond acceptors (Lipinski definition) is 4. The summed E-state index contributed by atoms with van der Waals surface area (Å²) in [6.45, 7) is 1.78. The van der Waals surface area contributed by atoms with Gasteiger partial charge in [0.1, 0.15) is 17.6 Å². The van der Waals surface area contributed by atoms with E-state index in [2.05, 4.69) is 5.32 Å². The maximum atomic E-state index is 13.0. The third-order valence-corrected chi connectivity index (χ3v) is 3.93. The van der Waals surface area contributed by atoms with Crippen LogP contribution in [-0.4, -0.2) is 68.0 Å². The summed E-state index contributed by atoms with van der Waals surface area (Å²) in [5.74, 6) is -0.134. The zero-order valence-electron chi connectivity index (χ0n) is 13.4. The smallest absolute Gasteiger partial charge is 0.238 e. The second kappa shape index (κ2) is 7.92. The van der Waals surface area contributed by atoms with Crippen molar-refractivity contribution in [2.75, 3.05) is 40.3 Å². The van der Waals surface area contributed by atoms with Crippen molar-refractivity contribution in [1.82, 2.24) is 15.1 Å². The van der Waals surface area contributed by atoms with Gasteiger partial charge in [-0.1, -0.05) is 6.07 Å². The maximum absolute atomic E-state index is 13.0. The number of hydrogen-bond donors (Lipinski definition) is 1. The monoisotopic (exact) mass is 323 g/mol. The minimum absolute atomic E-state index is 0.0663. The molecule has 0 aliphatic carbocycles. The number of carbonyl (C=O) groups is 2. The molecule has 1 aliphatic rings. The number of amides is 2. The second-order valence-electron chi connectivity index (χ2n) is 5.51. The molecule has 2 rings (SSSR count). The molecule has 0 radical (unpaired) electrons. The molecule has 126 valence electrons. The molecule has 1 aromatic rings. The number of halogens is 1. The highest BCUT2D eigenvalue weighted by atomic mass is 19.1. The van der Waals surface area contributed by atoms with Crippen LogP contribution in [0.15, 0.2) is 24.3 Å². The Bertz CT molecular complexity index is 567. The summed E-state index contributed by atoms with van der Waals surface area (Å²) >= 11 is 0. The van der Waals surface area contributed by atoms with Crippen LogP contribution in [0.25, 0.3) is 0 Å². The summed E-state index contributed by atoms with van der Waals surface area (Å²) < 4.78 is 18.4. The number of piperazine rings is 1. The summed E-state index contributed by atoms with van der Waals surface area (Å²) in [5, 5.41) is 2.62. The molecule has 7 heteroatoms. The Balaban J connectivity index is 1.82. The molecule has 1 N–H and O–H groups in total. The first kappa shape index (κ1) is 17.2. The quantitative estimate of drug-likeness (QED) is 0.856. The first-order valence-electron chi connectivity index (χ1n) is 7.59. The Hall–Kier alpha value is -2.15. The first-order chi connectivity index (χ1) is 11.0. The van der Waals surface area contributed by atoms with Crippen LogP contribution in [0.4, 0.5) is 4.39 Å². The highest BCUT2D eigenvalue weighted by molar-refractivity contribution is 5.83. The third-order valence-electron chi connectivity index (χ3n) is 3.93. The predicted molar refractivity (Wildman–Crippen MR) is 83.6 cm³/mol. The fourth-order valence-corrected chi connectivity index (χ4v) is 2.52. The molecule has 1 unspecified atom stereocenters. The third kappa shape index (κ3) is 4.66. The van der Waals surface area contributed by atoms with Crippen LogP contribution in [0.1, 0.15) is 6.42 Å². The van der Waals surface area contributed by atoms with Crippen molar-refractivity contribution in [3.63, 3.8) is 0 Å². The second-order valence-corrected chi connectivity index (χ2v) is 5.51. The Labute approximate surface area is 135 Å². The fraction of sp³-hybridized carbons (Fsp3) is 0.500. The zero-order chi connectivity index (χ0) is 16.8. The predicted octanol–water partition coefficient (Wildman–Crippen LogP) is 0.483. The van der Waals surface area contributed by atoms with E-state index in [1.807, 2.05) is 11.9 Å². The molecule has 23 heavy (non-hydrogen) atoms. The van der Waals surface area contributed by atoms with Gasteiger partial charge in [-0.2, -0.15) is 0 Å². The average Bonchev–Trinajstić information content (AvgIpc) is 2.54. The molecule has 1 aromatic carbocycles. The van der Waals surface area contributed by atoms with E-state index in [0.29, 0.717) is 25.4 Å². The highest BCUT2D eigenvalue weighted by Crippen LogP contribution is 2.13. The van der Waals surface area contributed by atoms with Crippen LogP contribution in [0.2, 0.25) is 0 Å². The SMILES string of the molecule is CNC(=O)C1CN(C(=O)CCOc2cccc(F)c2)CCN1C. The van der Waals surface area contributed by atoms with E-state index in [-0.39, 0.29) is 36.7 Å². The van der Waals surface area contributed by atoms with Crippen LogP contribution in [-0.2, 0) is 9.59 Å². The lowest BCUT2D eigenvalue weighted by Gasteiger charge is -2.38. The Morgan fingerprint density at radius 3 is 2.87 bits per heavy atom. The summed E-state index contributed by atoms with van der Waals surface area (Å²) in [7, 11) is 3.46. The molecule has 1 fully saturated rings. The van der Waals surface area contributed by atoms with Crippen molar-refractivity contribution >= 4 is 11.8 Å². The van der Waals surface area contributed by atoms with Crippen LogP contribution in [0, 0.1) is 5.82 Å². The highest BCUT2D eigenvalue weighted by Gasteiger charge is 2.31. The number of rotatable bonds is 5. The van der Waals surface area contributed by atoms with Crippen molar-refractivity contribution < 1.29 is 18.7 Å². The van der Waals surface area contributed by atoms with Crippen molar-refractivity contribution in [2.24, 2.45) is 0 Å². The molecule has 0 bridgehead atoms. The van der Waals surface area contributed by atoms with Crippen LogP contribution >= 0.6 is 0 Å². The minimum Gasteiger partial charge on any atom is -0.493 e. The van der Waals surface area contributed by atoms with Gasteiger partial charge in [0.2, 0.25) is 11.8 Å². The van der Waals surface area contributed by atoms with Gasteiger partial charge in [0, 0.05) is 32.7 Å². The van der Waals surface area contributed by atoms with Gasteiger partial charge in [0.05, 0.1) is 13.0 Å². The van der Waals surface area contributed by atoms with E-state index < -0.39 is 0 Å². The van der Waals surface area contributed by atoms with Crippen LogP contribution in [0.5, 0.6) is 5.75 Å². The molecular weight excluding hydrogens is 301 g/mol. The molecule has 1 aliphatic heterocycles. The molecule has 1 heterocycles. The number of ether oxygens (including phenoxy) is 1. The molecule has 0 saturated carbocycles. The lowest BCUT2D eigenvalue weighted by molar-refractivity contribution is -0.137. The van der Waals surface area contributed by atoms with Crippen molar-refractivity contribution in [1.29, 1.82) is 0 Å². The molecule has 0 aromatic heterocycles. The summed E-state index contributed by atoms with van der Waals surface area (Å²) in [4.78, 5) is 27.7. The largest absolute Gasteiger partial charge is 0.493 e. The Morgan fingerprint density at radius 2 is 2.17 bits per heavy atom. The van der Waals surface area contributed by atoms with Gasteiger partial charge in [0.25, 0.3) is 0 Å². The van der Waals surface area contributed by atoms with Crippen molar-refractivity contribution in [3.8, 4) is 5.75 Å². The van der Waals surface area contributed by atoms with Gasteiger partial charge in [-0.15, -0.1) is 0 Å². The summed E-state index contributed by atoms with van der Waals surface area (Å²) in [6.07, 6.45) is 0.195. The number of nitrogens with one attached hydrogen (secondary N) is 1. The van der Waals surface area contributed by atoms with Crippen LogP contribution in [0.3, 0.4) is 0 Å². The van der Waals surface area contributed by atoms with Gasteiger partial charge in [-0.3, -0.25) is 14.5 Å². The lowest BCUT2D eigenvalue weighted by atomic mass is 10.1. The maximum Gasteiger partial charge on any atom is 0.238 e. The number of carbonyl (C=O) groups excluding carboxylic acids is 2. The van der Waals surface area contributed by atoms with Crippen molar-refractivity contribution in [2.45, 2.75) is 12.5 Å². The molecule has 1 saturated heterocycles. The van der Waals surface area contributed by atoms with Gasteiger partial charge in [0.15, 0.2) is 0 Å². The molecule has 1 atom stereocenters. The number of nitrogens with zero attached hydrogens (tertiary/aromatic N) is 2. The van der Waals surface area contributed by atoms with Gasteiger partial charge in [-0.25, -0.2) is 4.39 Å². The number of likely N-dealkylation sites (N-methyl/N-ethyl adjacent to an activating group) is 2. The standard InChI is InChI=1S/C16H22FN3O3/c1-18-16(22)14-11-20(8-7-19(14)2)15(21)6-9-23-13-5-3-4-12(17)10-13/h3-5,10,14H,6-9,11H2,1-2H3,(H,18,22). The van der Waals surface area contributed by atoms with Gasteiger partial charge in [-0.05, 0) is 19.2 Å². The van der Waals surface area contributed by atoms with Crippen molar-refractivity contribution in [3.05, 3.63) is 30.1 Å². The average molecular weight is 323 g/mol. The Kier molecular flexibility index (Phi) is 5.92. The summed E-state index contributed by atoms with van der Waals surface area (Å²) in [6, 6.07) is 5.48.